The fourth-order valence-electron chi connectivity index (χ4n) is 2.97. The maximum Gasteiger partial charge on any atom is 0.274 e. The van der Waals surface area contributed by atoms with Crippen LogP contribution in [0.15, 0.2) is 75.6 Å². The molecular formula is C22H17N3O2S2. The van der Waals surface area contributed by atoms with E-state index in [1.807, 2.05) is 43.3 Å². The minimum absolute atomic E-state index is 0.310. The topological polar surface area (TPSA) is 63.6 Å². The van der Waals surface area contributed by atoms with Crippen molar-refractivity contribution in [1.29, 1.82) is 0 Å². The van der Waals surface area contributed by atoms with Gasteiger partial charge in [-0.15, -0.1) is 0 Å². The molecule has 29 heavy (non-hydrogen) atoms. The number of carbonyl (C=O) groups is 1. The lowest BCUT2D eigenvalue weighted by Crippen LogP contribution is -2.23. The van der Waals surface area contributed by atoms with Crippen molar-refractivity contribution in [3.8, 4) is 0 Å². The Morgan fingerprint density at radius 2 is 2.03 bits per heavy atom. The molecule has 0 bridgehead atoms. The van der Waals surface area contributed by atoms with Crippen LogP contribution in [0.2, 0.25) is 0 Å². The van der Waals surface area contributed by atoms with Crippen LogP contribution in [0.3, 0.4) is 0 Å². The number of hydrogen-bond acceptors (Lipinski definition) is 6. The smallest absolute Gasteiger partial charge is 0.274 e. The Morgan fingerprint density at radius 1 is 1.17 bits per heavy atom. The zero-order chi connectivity index (χ0) is 20.2. The van der Waals surface area contributed by atoms with Gasteiger partial charge in [0.15, 0.2) is 0 Å². The lowest BCUT2D eigenvalue weighted by atomic mass is 10.0. The van der Waals surface area contributed by atoms with Gasteiger partial charge in [-0.25, -0.2) is 10.5 Å². The quantitative estimate of drug-likeness (QED) is 0.374. The van der Waals surface area contributed by atoms with Crippen LogP contribution in [-0.2, 0) is 4.84 Å². The predicted octanol–water partition coefficient (Wildman–Crippen LogP) is 4.74. The largest absolute Gasteiger partial charge is 0.274 e. The van der Waals surface area contributed by atoms with Crippen LogP contribution in [0.25, 0.3) is 0 Å². The van der Waals surface area contributed by atoms with Gasteiger partial charge in [-0.05, 0) is 37.3 Å². The minimum Gasteiger partial charge on any atom is -0.274 e. The summed E-state index contributed by atoms with van der Waals surface area (Å²) >= 11 is 6.80. The molecule has 3 aromatic rings. The SMILES string of the molecule is CCONC(=O)c1ccc2c(c1)N=C(c1ncccc1C=S)c1ccccc1S2. The molecule has 0 saturated carbocycles. The van der Waals surface area contributed by atoms with Gasteiger partial charge >= 0.3 is 0 Å². The Bertz CT molecular complexity index is 1130. The van der Waals surface area contributed by atoms with E-state index in [1.165, 1.54) is 0 Å². The molecule has 4 rings (SSSR count). The molecule has 0 saturated heterocycles. The summed E-state index contributed by atoms with van der Waals surface area (Å²) in [5.41, 5.74) is 6.85. The lowest BCUT2D eigenvalue weighted by Gasteiger charge is -2.10. The first-order valence-electron chi connectivity index (χ1n) is 9.04. The summed E-state index contributed by atoms with van der Waals surface area (Å²) in [6.07, 6.45) is 1.73. The van der Waals surface area contributed by atoms with Crippen LogP contribution in [0.1, 0.15) is 34.1 Å². The molecule has 7 heteroatoms. The molecule has 0 unspecified atom stereocenters. The molecule has 0 fully saturated rings. The molecule has 2 heterocycles. The number of benzene rings is 2. The first-order valence-corrected chi connectivity index (χ1v) is 10.3. The third-order valence-electron chi connectivity index (χ3n) is 4.31. The second-order valence-electron chi connectivity index (χ2n) is 6.16. The fraction of sp³-hybridized carbons (Fsp3) is 0.0909. The highest BCUT2D eigenvalue weighted by molar-refractivity contribution is 7.99. The average Bonchev–Trinajstić information content (AvgIpc) is 2.93. The molecule has 0 aliphatic carbocycles. The number of nitrogens with one attached hydrogen (secondary N) is 1. The summed E-state index contributed by atoms with van der Waals surface area (Å²) in [7, 11) is 0. The molecule has 144 valence electrons. The van der Waals surface area contributed by atoms with Gasteiger partial charge in [0.05, 0.1) is 23.7 Å². The van der Waals surface area contributed by atoms with Crippen molar-refractivity contribution in [2.75, 3.05) is 6.61 Å². The van der Waals surface area contributed by atoms with Gasteiger partial charge in [-0.2, -0.15) is 0 Å². The fourth-order valence-corrected chi connectivity index (χ4v) is 4.16. The van der Waals surface area contributed by atoms with E-state index in [9.17, 15) is 4.79 Å². The lowest BCUT2D eigenvalue weighted by molar-refractivity contribution is 0.0364. The van der Waals surface area contributed by atoms with Crippen LogP contribution in [0.4, 0.5) is 5.69 Å². The molecule has 5 nitrogen and oxygen atoms in total. The van der Waals surface area contributed by atoms with Gasteiger partial charge in [-0.1, -0.05) is 48.2 Å². The number of nitrogens with zero attached hydrogens (tertiary/aromatic N) is 2. The van der Waals surface area contributed by atoms with Crippen molar-refractivity contribution >= 4 is 46.7 Å². The van der Waals surface area contributed by atoms with Crippen LogP contribution in [0, 0.1) is 0 Å². The monoisotopic (exact) mass is 419 g/mol. The van der Waals surface area contributed by atoms with Gasteiger partial charge in [-0.3, -0.25) is 14.6 Å². The number of hydroxylamine groups is 1. The van der Waals surface area contributed by atoms with E-state index in [0.717, 1.165) is 26.6 Å². The van der Waals surface area contributed by atoms with Gasteiger partial charge in [0, 0.05) is 38.0 Å². The third kappa shape index (κ3) is 3.98. The van der Waals surface area contributed by atoms with Gasteiger partial charge in [0.2, 0.25) is 0 Å². The van der Waals surface area contributed by atoms with Crippen molar-refractivity contribution < 1.29 is 9.63 Å². The number of thiocarbonyl (C=S) groups is 1. The van der Waals surface area contributed by atoms with E-state index in [-0.39, 0.29) is 5.91 Å². The standard InChI is InChI=1S/C22H17N3O2S2/c1-2-27-25-22(26)14-9-10-19-17(12-14)24-21(16-7-3-4-8-18(16)29-19)20-15(13-28)6-5-11-23-20/h3-13H,2H2,1H3,(H,25,26). The van der Waals surface area contributed by atoms with E-state index in [1.54, 1.807) is 35.5 Å². The van der Waals surface area contributed by atoms with Gasteiger partial charge in [0.25, 0.3) is 5.91 Å². The average molecular weight is 420 g/mol. The molecule has 0 atom stereocenters. The summed E-state index contributed by atoms with van der Waals surface area (Å²) in [5, 5.41) is 1.61. The Balaban J connectivity index is 1.89. The van der Waals surface area contributed by atoms with Gasteiger partial charge in [0.1, 0.15) is 0 Å². The van der Waals surface area contributed by atoms with Crippen molar-refractivity contribution in [2.45, 2.75) is 16.7 Å². The Morgan fingerprint density at radius 3 is 2.86 bits per heavy atom. The number of fused-ring (bicyclic) bond motifs is 2. The van der Waals surface area contributed by atoms with Crippen LogP contribution in [0.5, 0.6) is 0 Å². The van der Waals surface area contributed by atoms with Crippen LogP contribution >= 0.6 is 24.0 Å². The summed E-state index contributed by atoms with van der Waals surface area (Å²) in [4.78, 5) is 28.8. The number of rotatable bonds is 5. The van der Waals surface area contributed by atoms with Gasteiger partial charge < -0.3 is 0 Å². The zero-order valence-electron chi connectivity index (χ0n) is 15.6. The molecule has 1 aliphatic rings. The Kier molecular flexibility index (Phi) is 5.80. The Hall–Kier alpha value is -2.87. The van der Waals surface area contributed by atoms with E-state index in [4.69, 9.17) is 22.0 Å². The van der Waals surface area contributed by atoms with Crippen LogP contribution in [-0.4, -0.2) is 28.6 Å². The highest BCUT2D eigenvalue weighted by Crippen LogP contribution is 2.41. The molecule has 1 aliphatic heterocycles. The molecule has 1 aromatic heterocycles. The normalized spacial score (nSPS) is 12.2. The minimum atomic E-state index is -0.310. The number of aromatic nitrogens is 1. The van der Waals surface area contributed by atoms with E-state index in [2.05, 4.69) is 16.5 Å². The van der Waals surface area contributed by atoms with E-state index in [0.29, 0.717) is 23.6 Å². The molecule has 1 amide bonds. The molecule has 2 aromatic carbocycles. The van der Waals surface area contributed by atoms with E-state index >= 15 is 0 Å². The number of hydrogen-bond donors (Lipinski definition) is 1. The number of amides is 1. The molecule has 0 radical (unpaired) electrons. The van der Waals surface area contributed by atoms with E-state index < -0.39 is 0 Å². The van der Waals surface area contributed by atoms with Crippen molar-refractivity contribution in [3.63, 3.8) is 0 Å². The summed E-state index contributed by atoms with van der Waals surface area (Å²) in [6.45, 7) is 2.20. The number of aliphatic imine (C=N–C) groups is 1. The number of carbonyl (C=O) groups excluding carboxylic acids is 1. The first kappa shape index (κ1) is 19.4. The maximum atomic E-state index is 12.3. The predicted molar refractivity (Wildman–Crippen MR) is 118 cm³/mol. The summed E-state index contributed by atoms with van der Waals surface area (Å²) in [5.74, 6) is -0.310. The summed E-state index contributed by atoms with van der Waals surface area (Å²) in [6, 6.07) is 17.3. The second kappa shape index (κ2) is 8.65. The van der Waals surface area contributed by atoms with Crippen molar-refractivity contribution in [2.24, 2.45) is 4.99 Å². The van der Waals surface area contributed by atoms with Crippen molar-refractivity contribution in [3.05, 3.63) is 83.2 Å². The summed E-state index contributed by atoms with van der Waals surface area (Å²) < 4.78 is 0. The second-order valence-corrected chi connectivity index (χ2v) is 7.48. The van der Waals surface area contributed by atoms with Crippen molar-refractivity contribution in [1.82, 2.24) is 10.5 Å². The third-order valence-corrected chi connectivity index (χ3v) is 5.71. The number of pyridine rings is 1. The Labute approximate surface area is 178 Å². The highest BCUT2D eigenvalue weighted by Gasteiger charge is 2.22. The highest BCUT2D eigenvalue weighted by atomic mass is 32.2. The molecular weight excluding hydrogens is 402 g/mol. The maximum absolute atomic E-state index is 12.3. The zero-order valence-corrected chi connectivity index (χ0v) is 17.2. The molecule has 0 spiro atoms. The first-order chi connectivity index (χ1) is 14.2. The van der Waals surface area contributed by atoms with Crippen LogP contribution < -0.4 is 5.48 Å². The molecule has 1 N–H and O–H groups in total.